The van der Waals surface area contributed by atoms with Crippen LogP contribution in [0.5, 0.6) is 0 Å². The summed E-state index contributed by atoms with van der Waals surface area (Å²) in [5, 5.41) is 2.89. The molecule has 0 spiro atoms. The third kappa shape index (κ3) is 2.71. The Labute approximate surface area is 112 Å². The molecule has 19 heavy (non-hydrogen) atoms. The Morgan fingerprint density at radius 1 is 1.47 bits per heavy atom. The summed E-state index contributed by atoms with van der Waals surface area (Å²) in [6.45, 7) is 2.78. The first kappa shape index (κ1) is 13.8. The first-order valence-corrected chi connectivity index (χ1v) is 6.65. The topological polar surface area (TPSA) is 67.2 Å². The molecule has 1 aliphatic carbocycles. The van der Waals surface area contributed by atoms with Crippen LogP contribution < -0.4 is 16.6 Å². The van der Waals surface area contributed by atoms with Crippen molar-refractivity contribution in [2.45, 2.75) is 32.6 Å². The zero-order chi connectivity index (χ0) is 13.9. The number of benzene rings is 1. The molecule has 1 fully saturated rings. The van der Waals surface area contributed by atoms with E-state index in [1.807, 2.05) is 0 Å². The summed E-state index contributed by atoms with van der Waals surface area (Å²) in [5.41, 5.74) is 2.77. The van der Waals surface area contributed by atoms with Gasteiger partial charge in [0.25, 0.3) is 5.91 Å². The highest BCUT2D eigenvalue weighted by Crippen LogP contribution is 2.43. The number of nitrogen functional groups attached to an aromatic ring is 1. The number of hydrogen-bond donors (Lipinski definition) is 3. The Bertz CT molecular complexity index is 466. The average molecular weight is 265 g/mol. The lowest BCUT2D eigenvalue weighted by molar-refractivity contribution is 0.0850. The fourth-order valence-corrected chi connectivity index (χ4v) is 2.56. The average Bonchev–Trinajstić information content (AvgIpc) is 2.37. The largest absolute Gasteiger partial charge is 0.351 e. The van der Waals surface area contributed by atoms with Crippen molar-refractivity contribution in [2.75, 3.05) is 12.0 Å². The van der Waals surface area contributed by atoms with Gasteiger partial charge >= 0.3 is 0 Å². The Hall–Kier alpha value is -1.62. The van der Waals surface area contributed by atoms with Crippen molar-refractivity contribution in [3.05, 3.63) is 29.6 Å². The molecule has 1 aromatic carbocycles. The molecular formula is C14H20FN3O. The summed E-state index contributed by atoms with van der Waals surface area (Å²) < 4.78 is 13.5. The van der Waals surface area contributed by atoms with E-state index in [1.54, 1.807) is 6.07 Å². The highest BCUT2D eigenvalue weighted by molar-refractivity contribution is 5.99. The number of halogens is 1. The van der Waals surface area contributed by atoms with Gasteiger partial charge in [-0.2, -0.15) is 0 Å². The number of hydrazine groups is 1. The summed E-state index contributed by atoms with van der Waals surface area (Å²) in [4.78, 5) is 12.1. The van der Waals surface area contributed by atoms with Crippen molar-refractivity contribution in [3.8, 4) is 0 Å². The van der Waals surface area contributed by atoms with Crippen molar-refractivity contribution in [3.63, 3.8) is 0 Å². The molecule has 2 rings (SSSR count). The number of carbonyl (C=O) groups excluding carboxylic acids is 1. The predicted molar refractivity (Wildman–Crippen MR) is 73.1 cm³/mol. The van der Waals surface area contributed by atoms with Crippen LogP contribution in [0.3, 0.4) is 0 Å². The lowest BCUT2D eigenvalue weighted by Gasteiger charge is -2.41. The Morgan fingerprint density at radius 3 is 2.74 bits per heavy atom. The fourth-order valence-electron chi connectivity index (χ4n) is 2.56. The van der Waals surface area contributed by atoms with E-state index in [9.17, 15) is 9.18 Å². The number of hydrogen-bond acceptors (Lipinski definition) is 3. The van der Waals surface area contributed by atoms with Gasteiger partial charge in [-0.3, -0.25) is 10.6 Å². The zero-order valence-electron chi connectivity index (χ0n) is 11.1. The van der Waals surface area contributed by atoms with Gasteiger partial charge in [0, 0.05) is 6.54 Å². The van der Waals surface area contributed by atoms with Gasteiger partial charge in [0.15, 0.2) is 0 Å². The van der Waals surface area contributed by atoms with Gasteiger partial charge < -0.3 is 10.7 Å². The molecule has 0 bridgehead atoms. The molecule has 1 saturated carbocycles. The SMILES string of the molecule is CCC1(CNC(=O)c2cccc(F)c2NN)CCC1. The van der Waals surface area contributed by atoms with Crippen LogP contribution in [0.15, 0.2) is 18.2 Å². The summed E-state index contributed by atoms with van der Waals surface area (Å²) >= 11 is 0. The third-order valence-corrected chi connectivity index (χ3v) is 4.19. The molecule has 0 atom stereocenters. The second-order valence-electron chi connectivity index (χ2n) is 5.20. The lowest BCUT2D eigenvalue weighted by atomic mass is 9.67. The van der Waals surface area contributed by atoms with E-state index in [-0.39, 0.29) is 22.6 Å². The maximum Gasteiger partial charge on any atom is 0.253 e. The van der Waals surface area contributed by atoms with Crippen molar-refractivity contribution >= 4 is 11.6 Å². The minimum Gasteiger partial charge on any atom is -0.351 e. The van der Waals surface area contributed by atoms with Crippen LogP contribution in [-0.2, 0) is 0 Å². The molecule has 0 aliphatic heterocycles. The molecule has 0 unspecified atom stereocenters. The maximum atomic E-state index is 13.5. The van der Waals surface area contributed by atoms with Crippen molar-refractivity contribution in [1.29, 1.82) is 0 Å². The first-order valence-electron chi connectivity index (χ1n) is 6.65. The summed E-state index contributed by atoms with van der Waals surface area (Å²) in [5.74, 6) is 4.46. The van der Waals surface area contributed by atoms with E-state index in [0.29, 0.717) is 6.54 Å². The normalized spacial score (nSPS) is 16.6. The van der Waals surface area contributed by atoms with Gasteiger partial charge in [-0.1, -0.05) is 19.4 Å². The molecule has 0 saturated heterocycles. The molecule has 0 radical (unpaired) electrons. The van der Waals surface area contributed by atoms with Crippen molar-refractivity contribution < 1.29 is 9.18 Å². The molecule has 1 aliphatic rings. The predicted octanol–water partition coefficient (Wildman–Crippen LogP) is 2.42. The molecule has 4 nitrogen and oxygen atoms in total. The minimum atomic E-state index is -0.524. The van der Waals surface area contributed by atoms with Gasteiger partial charge in [0.2, 0.25) is 0 Å². The summed E-state index contributed by atoms with van der Waals surface area (Å²) in [6.07, 6.45) is 4.57. The quantitative estimate of drug-likeness (QED) is 0.566. The van der Waals surface area contributed by atoms with Crippen LogP contribution in [0.2, 0.25) is 0 Å². The highest BCUT2D eigenvalue weighted by atomic mass is 19.1. The Balaban J connectivity index is 2.06. The van der Waals surface area contributed by atoms with Gasteiger partial charge in [0.05, 0.1) is 11.3 Å². The molecular weight excluding hydrogens is 245 g/mol. The van der Waals surface area contributed by atoms with E-state index in [2.05, 4.69) is 17.7 Å². The van der Waals surface area contributed by atoms with E-state index in [1.165, 1.54) is 18.6 Å². The molecule has 0 heterocycles. The van der Waals surface area contributed by atoms with Gasteiger partial charge in [-0.25, -0.2) is 4.39 Å². The molecule has 4 N–H and O–H groups in total. The Kier molecular flexibility index (Phi) is 4.04. The lowest BCUT2D eigenvalue weighted by Crippen LogP contribution is -2.41. The minimum absolute atomic E-state index is 0.0409. The number of nitrogens with one attached hydrogen (secondary N) is 2. The van der Waals surface area contributed by atoms with Crippen molar-refractivity contribution in [1.82, 2.24) is 5.32 Å². The van der Waals surface area contributed by atoms with Gasteiger partial charge in [-0.15, -0.1) is 0 Å². The second kappa shape index (κ2) is 5.57. The number of para-hydroxylation sites is 1. The van der Waals surface area contributed by atoms with Crippen LogP contribution in [-0.4, -0.2) is 12.5 Å². The number of nitrogens with two attached hydrogens (primary N) is 1. The van der Waals surface area contributed by atoms with Crippen LogP contribution in [0.1, 0.15) is 43.0 Å². The maximum absolute atomic E-state index is 13.5. The molecule has 5 heteroatoms. The molecule has 0 aromatic heterocycles. The van der Waals surface area contributed by atoms with Gasteiger partial charge in [0.1, 0.15) is 5.82 Å². The highest BCUT2D eigenvalue weighted by Gasteiger charge is 2.35. The fraction of sp³-hybridized carbons (Fsp3) is 0.500. The number of carbonyl (C=O) groups is 1. The molecule has 1 amide bonds. The van der Waals surface area contributed by atoms with Crippen LogP contribution in [0, 0.1) is 11.2 Å². The standard InChI is InChI=1S/C14H20FN3O/c1-2-14(7-4-8-14)9-17-13(19)10-5-3-6-11(15)12(10)18-16/h3,5-6,18H,2,4,7-9,16H2,1H3,(H,17,19). The van der Waals surface area contributed by atoms with Crippen LogP contribution in [0.25, 0.3) is 0 Å². The smallest absolute Gasteiger partial charge is 0.253 e. The summed E-state index contributed by atoms with van der Waals surface area (Å²) in [6, 6.07) is 4.34. The Morgan fingerprint density at radius 2 is 2.21 bits per heavy atom. The number of rotatable bonds is 5. The first-order chi connectivity index (χ1) is 9.12. The third-order valence-electron chi connectivity index (χ3n) is 4.19. The van der Waals surface area contributed by atoms with E-state index in [0.717, 1.165) is 19.3 Å². The molecule has 1 aromatic rings. The van der Waals surface area contributed by atoms with Crippen LogP contribution in [0.4, 0.5) is 10.1 Å². The molecule has 104 valence electrons. The van der Waals surface area contributed by atoms with Crippen molar-refractivity contribution in [2.24, 2.45) is 11.3 Å². The summed E-state index contributed by atoms with van der Waals surface area (Å²) in [7, 11) is 0. The van der Waals surface area contributed by atoms with Crippen LogP contribution >= 0.6 is 0 Å². The van der Waals surface area contributed by atoms with Gasteiger partial charge in [-0.05, 0) is 36.8 Å². The van der Waals surface area contributed by atoms with E-state index >= 15 is 0 Å². The number of anilines is 1. The zero-order valence-corrected chi connectivity index (χ0v) is 11.1. The monoisotopic (exact) mass is 265 g/mol. The second-order valence-corrected chi connectivity index (χ2v) is 5.20. The van der Waals surface area contributed by atoms with E-state index < -0.39 is 5.82 Å². The number of amides is 1. The van der Waals surface area contributed by atoms with E-state index in [4.69, 9.17) is 5.84 Å².